The first kappa shape index (κ1) is 25.7. The molecule has 1 aliphatic rings. The van der Waals surface area contributed by atoms with Gasteiger partial charge in [-0.1, -0.05) is 47.0 Å². The van der Waals surface area contributed by atoms with Gasteiger partial charge in [0.2, 0.25) is 5.91 Å². The lowest BCUT2D eigenvalue weighted by Gasteiger charge is -2.36. The summed E-state index contributed by atoms with van der Waals surface area (Å²) in [5, 5.41) is 9.73. The molecule has 1 aliphatic heterocycles. The lowest BCUT2D eigenvalue weighted by molar-refractivity contribution is -0.114. The van der Waals surface area contributed by atoms with E-state index >= 15 is 0 Å². The number of nitrogens with one attached hydrogen (secondary N) is 3. The van der Waals surface area contributed by atoms with E-state index in [1.54, 1.807) is 23.1 Å². The van der Waals surface area contributed by atoms with Crippen molar-refractivity contribution in [3.63, 3.8) is 0 Å². The summed E-state index contributed by atoms with van der Waals surface area (Å²) < 4.78 is 0. The summed E-state index contributed by atoms with van der Waals surface area (Å²) in [6.07, 6.45) is 0. The van der Waals surface area contributed by atoms with Crippen LogP contribution in [0.1, 0.15) is 11.1 Å². The van der Waals surface area contributed by atoms with Crippen LogP contribution in [-0.2, 0) is 4.79 Å². The monoisotopic (exact) mass is 525 g/mol. The Morgan fingerprint density at radius 3 is 2.17 bits per heavy atom. The molecule has 1 heterocycles. The largest absolute Gasteiger partial charge is 0.376 e. The Hall–Kier alpha value is -3.42. The predicted octanol–water partition coefficient (Wildman–Crippen LogP) is 6.01. The number of rotatable bonds is 6. The number of carbonyl (C=O) groups excluding carboxylic acids is 2. The number of carbonyl (C=O) groups is 2. The first-order valence-electron chi connectivity index (χ1n) is 11.8. The van der Waals surface area contributed by atoms with E-state index in [9.17, 15) is 9.59 Å². The third-order valence-corrected chi connectivity index (χ3v) is 6.73. The minimum atomic E-state index is -0.225. The molecule has 3 amide bonds. The maximum Gasteiger partial charge on any atom is 0.322 e. The summed E-state index contributed by atoms with van der Waals surface area (Å²) in [7, 11) is 0. The molecule has 4 rings (SSSR count). The molecule has 1 saturated heterocycles. The van der Waals surface area contributed by atoms with Crippen LogP contribution in [0.25, 0.3) is 0 Å². The average molecular weight is 526 g/mol. The number of halogens is 2. The van der Waals surface area contributed by atoms with Crippen LogP contribution in [0.5, 0.6) is 0 Å². The van der Waals surface area contributed by atoms with E-state index in [-0.39, 0.29) is 18.5 Å². The zero-order chi connectivity index (χ0) is 25.7. The minimum absolute atomic E-state index is 0.110. The van der Waals surface area contributed by atoms with Crippen molar-refractivity contribution >= 4 is 57.9 Å². The summed E-state index contributed by atoms with van der Waals surface area (Å²) in [5.41, 5.74) is 5.45. The van der Waals surface area contributed by atoms with E-state index in [2.05, 4.69) is 26.9 Å². The fraction of sp³-hybridized carbons (Fsp3) is 0.259. The van der Waals surface area contributed by atoms with Gasteiger partial charge in [0.15, 0.2) is 0 Å². The number of hydrogen-bond acceptors (Lipinski definition) is 4. The lowest BCUT2D eigenvalue weighted by Crippen LogP contribution is -2.50. The second-order valence-corrected chi connectivity index (χ2v) is 9.58. The molecule has 188 valence electrons. The van der Waals surface area contributed by atoms with E-state index in [0.717, 1.165) is 22.6 Å². The van der Waals surface area contributed by atoms with Gasteiger partial charge in [-0.05, 0) is 61.9 Å². The van der Waals surface area contributed by atoms with E-state index in [0.29, 0.717) is 41.9 Å². The molecule has 0 radical (unpaired) electrons. The van der Waals surface area contributed by atoms with Gasteiger partial charge in [-0.3, -0.25) is 4.79 Å². The van der Waals surface area contributed by atoms with Gasteiger partial charge < -0.3 is 25.8 Å². The number of aryl methyl sites for hydroxylation is 2. The molecule has 3 aromatic rings. The highest BCUT2D eigenvalue weighted by atomic mass is 35.5. The van der Waals surface area contributed by atoms with Crippen LogP contribution < -0.4 is 20.9 Å². The Balaban J connectivity index is 1.25. The van der Waals surface area contributed by atoms with Gasteiger partial charge in [0.05, 0.1) is 22.3 Å². The summed E-state index contributed by atoms with van der Waals surface area (Å²) in [6, 6.07) is 18.7. The second-order valence-electron chi connectivity index (χ2n) is 8.77. The number of anilines is 4. The highest BCUT2D eigenvalue weighted by Gasteiger charge is 2.22. The van der Waals surface area contributed by atoms with Gasteiger partial charge in [-0.25, -0.2) is 4.79 Å². The lowest BCUT2D eigenvalue weighted by atomic mass is 10.1. The van der Waals surface area contributed by atoms with Gasteiger partial charge in [0.25, 0.3) is 0 Å². The third-order valence-electron chi connectivity index (χ3n) is 6.10. The fourth-order valence-corrected chi connectivity index (χ4v) is 4.61. The van der Waals surface area contributed by atoms with Crippen LogP contribution in [0, 0.1) is 13.8 Å². The molecular formula is C27H29Cl2N5O2. The quantitative estimate of drug-likeness (QED) is 0.368. The molecule has 1 fully saturated rings. The predicted molar refractivity (Wildman–Crippen MR) is 149 cm³/mol. The number of piperazine rings is 1. The van der Waals surface area contributed by atoms with Gasteiger partial charge >= 0.3 is 6.03 Å². The zero-order valence-corrected chi connectivity index (χ0v) is 21.8. The van der Waals surface area contributed by atoms with E-state index in [1.165, 1.54) is 5.56 Å². The smallest absolute Gasteiger partial charge is 0.322 e. The Morgan fingerprint density at radius 1 is 0.861 bits per heavy atom. The molecule has 9 heteroatoms. The molecule has 36 heavy (non-hydrogen) atoms. The van der Waals surface area contributed by atoms with Crippen LogP contribution in [0.2, 0.25) is 10.0 Å². The van der Waals surface area contributed by atoms with Crippen LogP contribution in [0.4, 0.5) is 27.5 Å². The van der Waals surface area contributed by atoms with Crippen molar-refractivity contribution in [2.24, 2.45) is 0 Å². The number of amides is 3. The van der Waals surface area contributed by atoms with Crippen molar-refractivity contribution in [2.75, 3.05) is 53.6 Å². The summed E-state index contributed by atoms with van der Waals surface area (Å²) in [5.74, 6) is -0.110. The third kappa shape index (κ3) is 6.42. The summed E-state index contributed by atoms with van der Waals surface area (Å²) in [4.78, 5) is 29.0. The fourth-order valence-electron chi connectivity index (χ4n) is 4.12. The average Bonchev–Trinajstić information content (AvgIpc) is 2.86. The molecular weight excluding hydrogens is 497 g/mol. The van der Waals surface area contributed by atoms with Crippen molar-refractivity contribution in [2.45, 2.75) is 13.8 Å². The minimum Gasteiger partial charge on any atom is -0.376 e. The standard InChI is InChI=1S/C27H29Cl2N5O2/c1-18-6-11-24(19(2)16-18)30-17-25(35)31-20-7-9-21(10-8-20)33-12-14-34(15-13-33)27(36)32-26-22(28)4-3-5-23(26)29/h3-11,16,30H,12-15,17H2,1-2H3,(H,31,35)(H,32,36). The molecule has 0 spiro atoms. The Morgan fingerprint density at radius 2 is 1.53 bits per heavy atom. The Bertz CT molecular complexity index is 1220. The summed E-state index contributed by atoms with van der Waals surface area (Å²) in [6.45, 7) is 6.77. The van der Waals surface area contributed by atoms with Crippen molar-refractivity contribution in [1.29, 1.82) is 0 Å². The maximum atomic E-state index is 12.7. The van der Waals surface area contributed by atoms with Crippen LogP contribution in [0.3, 0.4) is 0 Å². The second kappa shape index (κ2) is 11.5. The van der Waals surface area contributed by atoms with Crippen molar-refractivity contribution in [3.05, 3.63) is 81.8 Å². The van der Waals surface area contributed by atoms with E-state index < -0.39 is 0 Å². The highest BCUT2D eigenvalue weighted by molar-refractivity contribution is 6.39. The number of nitrogens with zero attached hydrogens (tertiary/aromatic N) is 2. The SMILES string of the molecule is Cc1ccc(NCC(=O)Nc2ccc(N3CCN(C(=O)Nc4c(Cl)cccc4Cl)CC3)cc2)c(C)c1. The van der Waals surface area contributed by atoms with Crippen LogP contribution in [-0.4, -0.2) is 49.6 Å². The van der Waals surface area contributed by atoms with Gasteiger partial charge in [-0.2, -0.15) is 0 Å². The Kier molecular flexibility index (Phi) is 8.23. The molecule has 0 saturated carbocycles. The highest BCUT2D eigenvalue weighted by Crippen LogP contribution is 2.30. The molecule has 0 bridgehead atoms. The summed E-state index contributed by atoms with van der Waals surface area (Å²) >= 11 is 12.3. The van der Waals surface area contributed by atoms with Crippen molar-refractivity contribution in [3.8, 4) is 0 Å². The molecule has 3 aromatic carbocycles. The normalized spacial score (nSPS) is 13.3. The van der Waals surface area contributed by atoms with Gasteiger partial charge in [0, 0.05) is 43.2 Å². The molecule has 0 aliphatic carbocycles. The number of para-hydroxylation sites is 1. The first-order chi connectivity index (χ1) is 17.3. The molecule has 0 unspecified atom stereocenters. The van der Waals surface area contributed by atoms with E-state index in [1.807, 2.05) is 50.2 Å². The van der Waals surface area contributed by atoms with Crippen LogP contribution >= 0.6 is 23.2 Å². The Labute approximate surface area is 221 Å². The van der Waals surface area contributed by atoms with Gasteiger partial charge in [-0.15, -0.1) is 0 Å². The van der Waals surface area contributed by atoms with E-state index in [4.69, 9.17) is 23.2 Å². The number of hydrogen-bond donors (Lipinski definition) is 3. The van der Waals surface area contributed by atoms with Gasteiger partial charge in [0.1, 0.15) is 0 Å². The topological polar surface area (TPSA) is 76.7 Å². The number of benzene rings is 3. The zero-order valence-electron chi connectivity index (χ0n) is 20.3. The molecule has 0 aromatic heterocycles. The molecule has 7 nitrogen and oxygen atoms in total. The van der Waals surface area contributed by atoms with Crippen molar-refractivity contribution < 1.29 is 9.59 Å². The number of urea groups is 1. The molecule has 3 N–H and O–H groups in total. The maximum absolute atomic E-state index is 12.7. The first-order valence-corrected chi connectivity index (χ1v) is 12.5. The van der Waals surface area contributed by atoms with Crippen LogP contribution in [0.15, 0.2) is 60.7 Å². The molecule has 0 atom stereocenters. The van der Waals surface area contributed by atoms with Crippen molar-refractivity contribution in [1.82, 2.24) is 4.90 Å².